The molecule has 0 aliphatic carbocycles. The van der Waals surface area contributed by atoms with Gasteiger partial charge < -0.3 is 0 Å². The van der Waals surface area contributed by atoms with Gasteiger partial charge in [-0.15, -0.1) is 0 Å². The van der Waals surface area contributed by atoms with Gasteiger partial charge in [0, 0.05) is 12.0 Å². The average Bonchev–Trinajstić information content (AvgIpc) is 2.68. The van der Waals surface area contributed by atoms with E-state index in [1.807, 2.05) is 43.3 Å². The van der Waals surface area contributed by atoms with Crippen LogP contribution in [0.2, 0.25) is 0 Å². The van der Waals surface area contributed by atoms with E-state index in [2.05, 4.69) is 0 Å². The van der Waals surface area contributed by atoms with Crippen LogP contribution in [0.5, 0.6) is 0 Å². The lowest BCUT2D eigenvalue weighted by molar-refractivity contribution is -0.121. The molecule has 0 saturated carbocycles. The van der Waals surface area contributed by atoms with Crippen LogP contribution in [0, 0.1) is 0 Å². The maximum Gasteiger partial charge on any atom is 0.263 e. The molecule has 2 rings (SSSR count). The fraction of sp³-hybridized carbons (Fsp3) is 0.357. The van der Waals surface area contributed by atoms with E-state index in [1.165, 1.54) is 0 Å². The Labute approximate surface area is 113 Å². The van der Waals surface area contributed by atoms with E-state index < -0.39 is 22.0 Å². The molecule has 1 fully saturated rings. The van der Waals surface area contributed by atoms with Crippen molar-refractivity contribution in [1.29, 1.82) is 0 Å². The molecule has 1 aromatic carbocycles. The van der Waals surface area contributed by atoms with Gasteiger partial charge in [-0.1, -0.05) is 43.3 Å². The number of allylic oxidation sites excluding steroid dienone is 1. The lowest BCUT2D eigenvalue weighted by Crippen LogP contribution is -2.33. The lowest BCUT2D eigenvalue weighted by atomic mass is 10.0. The standard InChI is InChI=1S/C14H17NO3S/c1-3-7-12-10-13(11-8-5-4-6-9-11)15(14(12)16)19(2,17)18/h4-9,13H,3,10H2,1-2H3/b12-7+. The third-order valence-corrected chi connectivity index (χ3v) is 4.30. The first-order chi connectivity index (χ1) is 8.95. The summed E-state index contributed by atoms with van der Waals surface area (Å²) >= 11 is 0. The fourth-order valence-electron chi connectivity index (χ4n) is 2.39. The molecule has 0 radical (unpaired) electrons. The SMILES string of the molecule is CC/C=C1\CC(c2ccccc2)N(S(C)(=O)=O)C1=O. The molecule has 0 spiro atoms. The van der Waals surface area contributed by atoms with Crippen LogP contribution in [0.1, 0.15) is 31.4 Å². The van der Waals surface area contributed by atoms with Crippen molar-refractivity contribution < 1.29 is 13.2 Å². The molecule has 1 heterocycles. The van der Waals surface area contributed by atoms with Crippen LogP contribution in [-0.2, 0) is 14.8 Å². The molecule has 0 aromatic heterocycles. The zero-order valence-electron chi connectivity index (χ0n) is 11.0. The number of sulfonamides is 1. The highest BCUT2D eigenvalue weighted by molar-refractivity contribution is 7.89. The van der Waals surface area contributed by atoms with Gasteiger partial charge in [0.05, 0.1) is 12.3 Å². The van der Waals surface area contributed by atoms with Crippen molar-refractivity contribution in [3.05, 3.63) is 47.5 Å². The Hall–Kier alpha value is -1.62. The Kier molecular flexibility index (Phi) is 3.75. The molecule has 4 nitrogen and oxygen atoms in total. The molecule has 5 heteroatoms. The van der Waals surface area contributed by atoms with Gasteiger partial charge >= 0.3 is 0 Å². The minimum Gasteiger partial charge on any atom is -0.268 e. The van der Waals surface area contributed by atoms with Crippen LogP contribution >= 0.6 is 0 Å². The summed E-state index contributed by atoms with van der Waals surface area (Å²) in [6.45, 7) is 1.93. The largest absolute Gasteiger partial charge is 0.268 e. The summed E-state index contributed by atoms with van der Waals surface area (Å²) in [4.78, 5) is 12.2. The van der Waals surface area contributed by atoms with Gasteiger partial charge in [0.15, 0.2) is 0 Å². The van der Waals surface area contributed by atoms with Crippen molar-refractivity contribution >= 4 is 15.9 Å². The number of carbonyl (C=O) groups is 1. The molecule has 1 atom stereocenters. The summed E-state index contributed by atoms with van der Waals surface area (Å²) in [5.41, 5.74) is 1.43. The summed E-state index contributed by atoms with van der Waals surface area (Å²) in [5, 5.41) is 0. The predicted molar refractivity (Wildman–Crippen MR) is 73.9 cm³/mol. The second-order valence-electron chi connectivity index (χ2n) is 4.63. The molecular weight excluding hydrogens is 262 g/mol. The van der Waals surface area contributed by atoms with Crippen LogP contribution in [0.3, 0.4) is 0 Å². The van der Waals surface area contributed by atoms with Crippen LogP contribution in [-0.4, -0.2) is 24.9 Å². The van der Waals surface area contributed by atoms with Gasteiger partial charge in [-0.3, -0.25) is 4.79 Å². The molecular formula is C14H17NO3S. The highest BCUT2D eigenvalue weighted by Gasteiger charge is 2.41. The van der Waals surface area contributed by atoms with Crippen LogP contribution < -0.4 is 0 Å². The number of benzene rings is 1. The summed E-state index contributed by atoms with van der Waals surface area (Å²) < 4.78 is 24.7. The topological polar surface area (TPSA) is 54.5 Å². The molecule has 102 valence electrons. The molecule has 1 saturated heterocycles. The summed E-state index contributed by atoms with van der Waals surface area (Å²) in [6, 6.07) is 8.86. The number of hydrogen-bond donors (Lipinski definition) is 0. The van der Waals surface area contributed by atoms with Gasteiger partial charge in [0.2, 0.25) is 10.0 Å². The molecule has 1 amide bonds. The number of amides is 1. The Morgan fingerprint density at radius 1 is 1.32 bits per heavy atom. The van der Waals surface area contributed by atoms with Crippen molar-refractivity contribution in [3.8, 4) is 0 Å². The molecule has 1 aromatic rings. The monoisotopic (exact) mass is 279 g/mol. The molecule has 0 N–H and O–H groups in total. The van der Waals surface area contributed by atoms with E-state index in [0.29, 0.717) is 12.0 Å². The Bertz CT molecular complexity index is 605. The van der Waals surface area contributed by atoms with Gasteiger partial charge in [0.25, 0.3) is 5.91 Å². The van der Waals surface area contributed by atoms with Gasteiger partial charge in [0.1, 0.15) is 0 Å². The average molecular weight is 279 g/mol. The van der Waals surface area contributed by atoms with E-state index in [4.69, 9.17) is 0 Å². The van der Waals surface area contributed by atoms with E-state index >= 15 is 0 Å². The van der Waals surface area contributed by atoms with Crippen molar-refractivity contribution in [2.24, 2.45) is 0 Å². The number of hydrogen-bond acceptors (Lipinski definition) is 3. The second kappa shape index (κ2) is 5.17. The minimum atomic E-state index is -3.56. The minimum absolute atomic E-state index is 0.391. The third-order valence-electron chi connectivity index (χ3n) is 3.16. The predicted octanol–water partition coefficient (Wildman–Crippen LogP) is 2.26. The molecule has 1 unspecified atom stereocenters. The van der Waals surface area contributed by atoms with Crippen LogP contribution in [0.25, 0.3) is 0 Å². The van der Waals surface area contributed by atoms with Crippen LogP contribution in [0.15, 0.2) is 42.0 Å². The van der Waals surface area contributed by atoms with E-state index in [1.54, 1.807) is 0 Å². The summed E-state index contributed by atoms with van der Waals surface area (Å²) in [6.07, 6.45) is 4.06. The first kappa shape index (κ1) is 13.8. The van der Waals surface area contributed by atoms with Crippen molar-refractivity contribution in [2.45, 2.75) is 25.8 Å². The normalized spacial score (nSPS) is 22.2. The Balaban J connectivity index is 2.47. The fourth-order valence-corrected chi connectivity index (χ4v) is 3.47. The molecule has 1 aliphatic heterocycles. The van der Waals surface area contributed by atoms with Crippen molar-refractivity contribution in [2.75, 3.05) is 6.26 Å². The van der Waals surface area contributed by atoms with Crippen molar-refractivity contribution in [1.82, 2.24) is 4.31 Å². The molecule has 0 bridgehead atoms. The van der Waals surface area contributed by atoms with E-state index in [-0.39, 0.29) is 0 Å². The zero-order valence-corrected chi connectivity index (χ0v) is 11.9. The molecule has 1 aliphatic rings. The first-order valence-corrected chi connectivity index (χ1v) is 8.07. The summed E-state index contributed by atoms with van der Waals surface area (Å²) in [5.74, 6) is -0.391. The zero-order chi connectivity index (χ0) is 14.0. The maximum absolute atomic E-state index is 12.2. The van der Waals surface area contributed by atoms with Gasteiger partial charge in [-0.25, -0.2) is 12.7 Å². The first-order valence-electron chi connectivity index (χ1n) is 6.23. The maximum atomic E-state index is 12.2. The molecule has 19 heavy (non-hydrogen) atoms. The van der Waals surface area contributed by atoms with E-state index in [0.717, 1.165) is 22.5 Å². The number of rotatable bonds is 3. The van der Waals surface area contributed by atoms with Gasteiger partial charge in [-0.2, -0.15) is 0 Å². The summed E-state index contributed by atoms with van der Waals surface area (Å²) in [7, 11) is -3.56. The number of carbonyl (C=O) groups excluding carboxylic acids is 1. The van der Waals surface area contributed by atoms with Crippen molar-refractivity contribution in [3.63, 3.8) is 0 Å². The second-order valence-corrected chi connectivity index (χ2v) is 6.49. The third kappa shape index (κ3) is 2.71. The highest BCUT2D eigenvalue weighted by atomic mass is 32.2. The Morgan fingerprint density at radius 2 is 1.95 bits per heavy atom. The highest BCUT2D eigenvalue weighted by Crippen LogP contribution is 2.37. The van der Waals surface area contributed by atoms with E-state index in [9.17, 15) is 13.2 Å². The Morgan fingerprint density at radius 3 is 2.47 bits per heavy atom. The number of nitrogens with zero attached hydrogens (tertiary/aromatic N) is 1. The van der Waals surface area contributed by atoms with Crippen LogP contribution in [0.4, 0.5) is 0 Å². The quantitative estimate of drug-likeness (QED) is 0.797. The lowest BCUT2D eigenvalue weighted by Gasteiger charge is -2.22. The van der Waals surface area contributed by atoms with Gasteiger partial charge in [-0.05, 0) is 12.0 Å². The smallest absolute Gasteiger partial charge is 0.263 e.